The molecule has 0 fully saturated rings. The van der Waals surface area contributed by atoms with Gasteiger partial charge in [-0.1, -0.05) is 24.3 Å². The lowest BCUT2D eigenvalue weighted by Crippen LogP contribution is -2.16. The molecule has 1 heterocycles. The molecule has 1 aliphatic carbocycles. The van der Waals surface area contributed by atoms with Gasteiger partial charge >= 0.3 is 0 Å². The van der Waals surface area contributed by atoms with Crippen molar-refractivity contribution in [3.05, 3.63) is 47.7 Å². The standard InChI is InChI=1S/C13H7NO2/c15-10-6-5-8-3-4-9-2-1-7-14-12(9)11(8)13(10)16/h1-7H. The molecule has 1 aliphatic rings. The van der Waals surface area contributed by atoms with Gasteiger partial charge in [0.25, 0.3) is 0 Å². The summed E-state index contributed by atoms with van der Waals surface area (Å²) in [4.78, 5) is 27.3. The van der Waals surface area contributed by atoms with Gasteiger partial charge in [-0.15, -0.1) is 0 Å². The number of aromatic nitrogens is 1. The SMILES string of the molecule is O=C1C=Cc2ccc3cccnc3c2C1=O. The Morgan fingerprint density at radius 1 is 1.00 bits per heavy atom. The molecular weight excluding hydrogens is 202 g/mol. The van der Waals surface area contributed by atoms with Gasteiger partial charge in [-0.05, 0) is 17.7 Å². The smallest absolute Gasteiger partial charge is 0.235 e. The summed E-state index contributed by atoms with van der Waals surface area (Å²) in [5, 5.41) is 0.873. The molecule has 0 saturated heterocycles. The van der Waals surface area contributed by atoms with E-state index in [0.29, 0.717) is 11.1 Å². The summed E-state index contributed by atoms with van der Waals surface area (Å²) in [6, 6.07) is 7.41. The maximum absolute atomic E-state index is 11.8. The minimum Gasteiger partial charge on any atom is -0.286 e. The average molecular weight is 209 g/mol. The monoisotopic (exact) mass is 209 g/mol. The minimum absolute atomic E-state index is 0.422. The summed E-state index contributed by atoms with van der Waals surface area (Å²) in [5.74, 6) is -0.951. The maximum atomic E-state index is 11.8. The second kappa shape index (κ2) is 3.10. The number of ketones is 2. The van der Waals surface area contributed by atoms with E-state index in [1.807, 2.05) is 18.2 Å². The van der Waals surface area contributed by atoms with Crippen LogP contribution in [0, 0.1) is 0 Å². The van der Waals surface area contributed by atoms with Gasteiger partial charge in [0.15, 0.2) is 0 Å². The van der Waals surface area contributed by atoms with E-state index in [1.54, 1.807) is 18.3 Å². The number of hydrogen-bond donors (Lipinski definition) is 0. The van der Waals surface area contributed by atoms with Crippen LogP contribution in [0.2, 0.25) is 0 Å². The van der Waals surface area contributed by atoms with Crippen molar-refractivity contribution in [1.82, 2.24) is 4.98 Å². The zero-order valence-electron chi connectivity index (χ0n) is 8.31. The molecule has 0 saturated carbocycles. The highest BCUT2D eigenvalue weighted by Gasteiger charge is 2.23. The summed E-state index contributed by atoms with van der Waals surface area (Å²) in [6.07, 6.45) is 4.59. The number of hydrogen-bond acceptors (Lipinski definition) is 3. The Morgan fingerprint density at radius 2 is 1.88 bits per heavy atom. The molecule has 0 N–H and O–H groups in total. The van der Waals surface area contributed by atoms with Crippen molar-refractivity contribution in [2.75, 3.05) is 0 Å². The van der Waals surface area contributed by atoms with E-state index in [0.717, 1.165) is 10.9 Å². The fraction of sp³-hybridized carbons (Fsp3) is 0. The van der Waals surface area contributed by atoms with Gasteiger partial charge in [0.2, 0.25) is 11.6 Å². The molecule has 0 bridgehead atoms. The number of benzene rings is 1. The lowest BCUT2D eigenvalue weighted by molar-refractivity contribution is -0.110. The number of nitrogens with zero attached hydrogens (tertiary/aromatic N) is 1. The summed E-state index contributed by atoms with van der Waals surface area (Å²) in [7, 11) is 0. The van der Waals surface area contributed by atoms with Crippen LogP contribution in [0.5, 0.6) is 0 Å². The summed E-state index contributed by atoms with van der Waals surface area (Å²) in [6.45, 7) is 0. The number of rotatable bonds is 0. The second-order valence-electron chi connectivity index (χ2n) is 3.63. The van der Waals surface area contributed by atoms with Gasteiger partial charge in [0.1, 0.15) is 0 Å². The van der Waals surface area contributed by atoms with E-state index in [2.05, 4.69) is 4.98 Å². The van der Waals surface area contributed by atoms with Crippen LogP contribution >= 0.6 is 0 Å². The third-order valence-corrected chi connectivity index (χ3v) is 2.67. The van der Waals surface area contributed by atoms with E-state index in [9.17, 15) is 9.59 Å². The summed E-state index contributed by atoms with van der Waals surface area (Å²) < 4.78 is 0. The normalized spacial score (nSPS) is 14.2. The minimum atomic E-state index is -0.481. The molecule has 0 aliphatic heterocycles. The Morgan fingerprint density at radius 3 is 2.75 bits per heavy atom. The van der Waals surface area contributed by atoms with Gasteiger partial charge < -0.3 is 0 Å². The molecule has 16 heavy (non-hydrogen) atoms. The zero-order chi connectivity index (χ0) is 11.1. The van der Waals surface area contributed by atoms with E-state index >= 15 is 0 Å². The highest BCUT2D eigenvalue weighted by Crippen LogP contribution is 2.25. The molecule has 0 radical (unpaired) electrons. The third kappa shape index (κ3) is 1.11. The third-order valence-electron chi connectivity index (χ3n) is 2.67. The topological polar surface area (TPSA) is 47.0 Å². The van der Waals surface area contributed by atoms with Crippen molar-refractivity contribution >= 4 is 28.5 Å². The quantitative estimate of drug-likeness (QED) is 0.623. The Kier molecular flexibility index (Phi) is 1.74. The average Bonchev–Trinajstić information content (AvgIpc) is 2.33. The maximum Gasteiger partial charge on any atom is 0.235 e. The molecule has 1 aromatic heterocycles. The van der Waals surface area contributed by atoms with Crippen molar-refractivity contribution in [3.63, 3.8) is 0 Å². The first-order valence-corrected chi connectivity index (χ1v) is 4.92. The Balaban J connectivity index is 2.46. The highest BCUT2D eigenvalue weighted by atomic mass is 16.2. The molecule has 76 valence electrons. The largest absolute Gasteiger partial charge is 0.286 e. The van der Waals surface area contributed by atoms with Crippen molar-refractivity contribution in [3.8, 4) is 0 Å². The van der Waals surface area contributed by atoms with Gasteiger partial charge in [-0.3, -0.25) is 14.6 Å². The van der Waals surface area contributed by atoms with Crippen LogP contribution in [0.4, 0.5) is 0 Å². The first kappa shape index (κ1) is 8.97. The lowest BCUT2D eigenvalue weighted by atomic mass is 9.93. The number of Topliss-reactive ketones (excluding diaryl/α,β-unsaturated/α-hetero) is 1. The van der Waals surface area contributed by atoms with Crippen molar-refractivity contribution < 1.29 is 9.59 Å². The predicted octanol–water partition coefficient (Wildman–Crippen LogP) is 2.01. The van der Waals surface area contributed by atoms with Crippen LogP contribution in [0.25, 0.3) is 17.0 Å². The van der Waals surface area contributed by atoms with E-state index in [4.69, 9.17) is 0 Å². The van der Waals surface area contributed by atoms with Crippen LogP contribution < -0.4 is 0 Å². The fourth-order valence-electron chi connectivity index (χ4n) is 1.90. The van der Waals surface area contributed by atoms with E-state index in [1.165, 1.54) is 6.08 Å². The van der Waals surface area contributed by atoms with E-state index < -0.39 is 11.6 Å². The summed E-state index contributed by atoms with van der Waals surface area (Å²) >= 11 is 0. The molecule has 3 heteroatoms. The molecule has 3 rings (SSSR count). The molecule has 2 aromatic rings. The fourth-order valence-corrected chi connectivity index (χ4v) is 1.90. The van der Waals surface area contributed by atoms with Crippen LogP contribution in [-0.2, 0) is 4.79 Å². The van der Waals surface area contributed by atoms with Crippen LogP contribution in [-0.4, -0.2) is 16.6 Å². The molecular formula is C13H7NO2. The van der Waals surface area contributed by atoms with Gasteiger partial charge in [0.05, 0.1) is 11.1 Å². The number of fused-ring (bicyclic) bond motifs is 3. The van der Waals surface area contributed by atoms with Gasteiger partial charge in [-0.25, -0.2) is 0 Å². The molecule has 1 aromatic carbocycles. The van der Waals surface area contributed by atoms with Crippen molar-refractivity contribution in [2.24, 2.45) is 0 Å². The Hall–Kier alpha value is -2.29. The molecule has 0 unspecified atom stereocenters. The molecule has 0 atom stereocenters. The highest BCUT2D eigenvalue weighted by molar-refractivity contribution is 6.51. The molecule has 0 spiro atoms. The molecule has 3 nitrogen and oxygen atoms in total. The first-order valence-electron chi connectivity index (χ1n) is 4.92. The van der Waals surface area contributed by atoms with Crippen molar-refractivity contribution in [1.29, 1.82) is 0 Å². The number of carbonyl (C=O) groups is 2. The Labute approximate surface area is 91.4 Å². The van der Waals surface area contributed by atoms with Crippen LogP contribution in [0.1, 0.15) is 15.9 Å². The van der Waals surface area contributed by atoms with Crippen LogP contribution in [0.3, 0.4) is 0 Å². The first-order chi connectivity index (χ1) is 7.77. The number of allylic oxidation sites excluding steroid dienone is 1. The van der Waals surface area contributed by atoms with Gasteiger partial charge in [-0.2, -0.15) is 0 Å². The number of carbonyl (C=O) groups excluding carboxylic acids is 2. The van der Waals surface area contributed by atoms with E-state index in [-0.39, 0.29) is 0 Å². The van der Waals surface area contributed by atoms with Crippen LogP contribution in [0.15, 0.2) is 36.5 Å². The second-order valence-corrected chi connectivity index (χ2v) is 3.63. The lowest BCUT2D eigenvalue weighted by Gasteiger charge is -2.10. The predicted molar refractivity (Wildman–Crippen MR) is 60.1 cm³/mol. The summed E-state index contributed by atoms with van der Waals surface area (Å²) in [5.41, 5.74) is 1.78. The van der Waals surface area contributed by atoms with Crippen molar-refractivity contribution in [2.45, 2.75) is 0 Å². The Bertz CT molecular complexity index is 656. The zero-order valence-corrected chi connectivity index (χ0v) is 8.31. The molecule has 0 amide bonds. The number of pyridine rings is 1. The van der Waals surface area contributed by atoms with Gasteiger partial charge in [0, 0.05) is 11.6 Å².